The van der Waals surface area contributed by atoms with Gasteiger partial charge in [0.2, 0.25) is 6.41 Å². The van der Waals surface area contributed by atoms with Crippen molar-refractivity contribution in [1.29, 1.82) is 0 Å². The number of pyridine rings is 1. The van der Waals surface area contributed by atoms with Gasteiger partial charge in [-0.3, -0.25) is 4.79 Å². The molecule has 1 fully saturated rings. The van der Waals surface area contributed by atoms with Gasteiger partial charge >= 0.3 is 0 Å². The summed E-state index contributed by atoms with van der Waals surface area (Å²) in [7, 11) is 7.66. The minimum Gasteiger partial charge on any atom is -0.497 e. The van der Waals surface area contributed by atoms with Gasteiger partial charge in [-0.05, 0) is 61.4 Å². The largest absolute Gasteiger partial charge is 0.497 e. The van der Waals surface area contributed by atoms with E-state index in [0.717, 1.165) is 47.7 Å². The summed E-state index contributed by atoms with van der Waals surface area (Å²) < 4.78 is 7.24. The molecule has 7 nitrogen and oxygen atoms in total. The van der Waals surface area contributed by atoms with E-state index in [0.29, 0.717) is 0 Å². The highest BCUT2D eigenvalue weighted by atomic mass is 16.5. The molecule has 7 heteroatoms. The summed E-state index contributed by atoms with van der Waals surface area (Å²) in [5.41, 5.74) is 5.52. The molecule has 1 aliphatic rings. The predicted molar refractivity (Wildman–Crippen MR) is 144 cm³/mol. The summed E-state index contributed by atoms with van der Waals surface area (Å²) in [6.07, 6.45) is 7.13. The van der Waals surface area contributed by atoms with E-state index in [-0.39, 0.29) is 0 Å². The van der Waals surface area contributed by atoms with E-state index in [4.69, 9.17) is 4.74 Å². The Hall–Kier alpha value is -4.00. The number of amides is 1. The van der Waals surface area contributed by atoms with Crippen molar-refractivity contribution in [1.82, 2.24) is 14.3 Å². The molecule has 1 aliphatic heterocycles. The summed E-state index contributed by atoms with van der Waals surface area (Å²) in [5.74, 6) is 0.847. The van der Waals surface area contributed by atoms with E-state index >= 15 is 0 Å². The van der Waals surface area contributed by atoms with Crippen LogP contribution in [0.5, 0.6) is 5.75 Å². The first-order valence-corrected chi connectivity index (χ1v) is 11.8. The van der Waals surface area contributed by atoms with Crippen LogP contribution < -0.4 is 15.0 Å². The first-order valence-electron chi connectivity index (χ1n) is 11.8. The molecule has 0 radical (unpaired) electrons. The van der Waals surface area contributed by atoms with Gasteiger partial charge in [0.25, 0.3) is 0 Å². The highest BCUT2D eigenvalue weighted by molar-refractivity contribution is 5.77. The Bertz CT molecular complexity index is 1180. The molecular formula is C28H35N5O2. The molecule has 35 heavy (non-hydrogen) atoms. The molecule has 0 atom stereocenters. The number of rotatable bonds is 5. The van der Waals surface area contributed by atoms with Gasteiger partial charge in [0, 0.05) is 57.4 Å². The van der Waals surface area contributed by atoms with Crippen LogP contribution in [-0.4, -0.2) is 62.0 Å². The Morgan fingerprint density at radius 2 is 1.74 bits per heavy atom. The van der Waals surface area contributed by atoms with Gasteiger partial charge in [-0.2, -0.15) is 0 Å². The lowest BCUT2D eigenvalue weighted by Crippen LogP contribution is -2.15. The molecule has 4 aromatic rings. The van der Waals surface area contributed by atoms with Crippen LogP contribution in [-0.2, 0) is 4.79 Å². The third-order valence-corrected chi connectivity index (χ3v) is 5.75. The van der Waals surface area contributed by atoms with Gasteiger partial charge in [-0.15, -0.1) is 0 Å². The van der Waals surface area contributed by atoms with E-state index in [9.17, 15) is 4.79 Å². The number of carbonyl (C=O) groups excluding carboxylic acids is 1. The lowest BCUT2D eigenvalue weighted by molar-refractivity contribution is -0.117. The topological polar surface area (TPSA) is 62.1 Å². The first kappa shape index (κ1) is 25.6. The number of hydrogen-bond acceptors (Lipinski definition) is 5. The molecule has 0 unspecified atom stereocenters. The number of nitrogens with one attached hydrogen (secondary N) is 1. The smallest absolute Gasteiger partial charge is 0.209 e. The Kier molecular flexibility index (Phi) is 9.54. The van der Waals surface area contributed by atoms with Crippen LogP contribution in [0, 0.1) is 0 Å². The highest BCUT2D eigenvalue weighted by Crippen LogP contribution is 2.26. The minimum absolute atomic E-state index is 0.847. The maximum absolute atomic E-state index is 9.93. The Labute approximate surface area is 208 Å². The second-order valence-electron chi connectivity index (χ2n) is 8.36. The molecule has 1 N–H and O–H groups in total. The molecule has 0 spiro atoms. The van der Waals surface area contributed by atoms with Crippen LogP contribution in [0.1, 0.15) is 12.8 Å². The third kappa shape index (κ3) is 7.24. The number of aromatic nitrogens is 2. The number of imidazole rings is 1. The van der Waals surface area contributed by atoms with Crippen LogP contribution >= 0.6 is 0 Å². The number of benzene rings is 2. The van der Waals surface area contributed by atoms with Crippen molar-refractivity contribution >= 4 is 23.3 Å². The summed E-state index contributed by atoms with van der Waals surface area (Å²) in [5, 5.41) is 3.07. The Morgan fingerprint density at radius 3 is 2.34 bits per heavy atom. The second-order valence-corrected chi connectivity index (χ2v) is 8.36. The standard InChI is InChI=1S/C14H12N2O.C9H14N2.C5H9NO/c1-17-12-6-4-5-11(9-12)14-13-7-2-3-8-16(13)10-15-14;1-10-8-4-6-9(7-5-8)11(2)3;7-5-6-3-1-2-4-6/h2-10H,1H3;4-7,10H,1-3H3;5H,1-4H2. The second kappa shape index (κ2) is 13.0. The molecular weight excluding hydrogens is 438 g/mol. The van der Waals surface area contributed by atoms with Crippen LogP contribution in [0.15, 0.2) is 79.3 Å². The lowest BCUT2D eigenvalue weighted by Gasteiger charge is -2.12. The zero-order valence-electron chi connectivity index (χ0n) is 21.0. The van der Waals surface area contributed by atoms with Crippen molar-refractivity contribution in [2.24, 2.45) is 0 Å². The van der Waals surface area contributed by atoms with Gasteiger partial charge in [-0.1, -0.05) is 18.2 Å². The van der Waals surface area contributed by atoms with E-state index in [1.54, 1.807) is 12.0 Å². The van der Waals surface area contributed by atoms with Gasteiger partial charge in [0.1, 0.15) is 5.75 Å². The van der Waals surface area contributed by atoms with E-state index in [2.05, 4.69) is 45.5 Å². The van der Waals surface area contributed by atoms with Gasteiger partial charge in [-0.25, -0.2) is 4.98 Å². The molecule has 1 saturated heterocycles. The normalized spacial score (nSPS) is 12.2. The lowest BCUT2D eigenvalue weighted by atomic mass is 10.1. The van der Waals surface area contributed by atoms with Crippen molar-refractivity contribution in [3.63, 3.8) is 0 Å². The van der Waals surface area contributed by atoms with Crippen LogP contribution in [0.3, 0.4) is 0 Å². The SMILES string of the molecule is CNc1ccc(N(C)C)cc1.COc1cccc(-c2ncn3ccccc23)c1.O=CN1CCCC1. The maximum atomic E-state index is 9.93. The maximum Gasteiger partial charge on any atom is 0.209 e. The summed E-state index contributed by atoms with van der Waals surface area (Å²) >= 11 is 0. The van der Waals surface area contributed by atoms with Crippen molar-refractivity contribution in [3.8, 4) is 17.0 Å². The quantitative estimate of drug-likeness (QED) is 0.411. The number of fused-ring (bicyclic) bond motifs is 1. The van der Waals surface area contributed by atoms with Crippen molar-refractivity contribution in [3.05, 3.63) is 79.3 Å². The first-order chi connectivity index (χ1) is 17.0. The number of ether oxygens (including phenoxy) is 1. The van der Waals surface area contributed by atoms with Gasteiger partial charge in [0.15, 0.2) is 0 Å². The molecule has 2 aromatic heterocycles. The fourth-order valence-electron chi connectivity index (χ4n) is 3.71. The average molecular weight is 474 g/mol. The van der Waals surface area contributed by atoms with E-state index in [1.165, 1.54) is 18.5 Å². The van der Waals surface area contributed by atoms with Gasteiger partial charge < -0.3 is 24.3 Å². The van der Waals surface area contributed by atoms with Crippen molar-refractivity contribution in [2.75, 3.05) is 51.6 Å². The number of anilines is 2. The van der Waals surface area contributed by atoms with Crippen molar-refractivity contribution < 1.29 is 9.53 Å². The fraction of sp³-hybridized carbons (Fsp3) is 0.286. The number of carbonyl (C=O) groups is 1. The highest BCUT2D eigenvalue weighted by Gasteiger charge is 2.07. The molecule has 1 amide bonds. The van der Waals surface area contributed by atoms with Gasteiger partial charge in [0.05, 0.1) is 24.6 Å². The fourth-order valence-corrected chi connectivity index (χ4v) is 3.71. The number of hydrogen-bond donors (Lipinski definition) is 1. The molecule has 184 valence electrons. The van der Waals surface area contributed by atoms with Crippen LogP contribution in [0.25, 0.3) is 16.8 Å². The van der Waals surface area contributed by atoms with E-state index in [1.807, 2.05) is 74.5 Å². The summed E-state index contributed by atoms with van der Waals surface area (Å²) in [6.45, 7) is 1.95. The third-order valence-electron chi connectivity index (χ3n) is 5.75. The Balaban J connectivity index is 0.000000163. The summed E-state index contributed by atoms with van der Waals surface area (Å²) in [6, 6.07) is 22.3. The van der Waals surface area contributed by atoms with Crippen molar-refractivity contribution in [2.45, 2.75) is 12.8 Å². The minimum atomic E-state index is 0.847. The van der Waals surface area contributed by atoms with Crippen LogP contribution in [0.4, 0.5) is 11.4 Å². The molecule has 3 heterocycles. The van der Waals surface area contributed by atoms with E-state index < -0.39 is 0 Å². The zero-order valence-corrected chi connectivity index (χ0v) is 21.0. The number of nitrogens with zero attached hydrogens (tertiary/aromatic N) is 4. The molecule has 0 aliphatic carbocycles. The summed E-state index contributed by atoms with van der Waals surface area (Å²) in [4.78, 5) is 18.3. The molecule has 0 bridgehead atoms. The average Bonchev–Trinajstić information content (AvgIpc) is 3.60. The molecule has 5 rings (SSSR count). The number of methoxy groups -OCH3 is 1. The molecule has 0 saturated carbocycles. The monoisotopic (exact) mass is 473 g/mol. The van der Waals surface area contributed by atoms with Crippen LogP contribution in [0.2, 0.25) is 0 Å². The molecule has 2 aromatic carbocycles. The zero-order chi connectivity index (χ0) is 25.0. The Morgan fingerprint density at radius 1 is 1.00 bits per heavy atom. The predicted octanol–water partition coefficient (Wildman–Crippen LogP) is 5.04. The number of likely N-dealkylation sites (tertiary alicyclic amines) is 1.